The van der Waals surface area contributed by atoms with Crippen molar-refractivity contribution >= 4 is 44.5 Å². The van der Waals surface area contributed by atoms with Crippen LogP contribution in [0.25, 0.3) is 10.9 Å². The van der Waals surface area contributed by atoms with Crippen LogP contribution in [-0.4, -0.2) is 25.6 Å². The number of hydrogen-bond donors (Lipinski definition) is 0. The van der Waals surface area contributed by atoms with E-state index in [0.29, 0.717) is 11.2 Å². The van der Waals surface area contributed by atoms with Crippen LogP contribution in [0.1, 0.15) is 19.5 Å². The van der Waals surface area contributed by atoms with Crippen molar-refractivity contribution in [2.24, 2.45) is 0 Å². The second kappa shape index (κ2) is 8.51. The molecule has 2 aromatic carbocycles. The maximum Gasteiger partial charge on any atom is 0.336 e. The van der Waals surface area contributed by atoms with Gasteiger partial charge in [0.2, 0.25) is 0 Å². The largest absolute Gasteiger partial charge is 0.336 e. The van der Waals surface area contributed by atoms with E-state index in [4.69, 9.17) is 9.05 Å². The summed E-state index contributed by atoms with van der Waals surface area (Å²) in [6, 6.07) is 15.2. The quantitative estimate of drug-likeness (QED) is 0.399. The molecule has 0 aliphatic rings. The Morgan fingerprint density at radius 2 is 1.64 bits per heavy atom. The highest BCUT2D eigenvalue weighted by Crippen LogP contribution is 2.52. The molecule has 0 spiro atoms. The van der Waals surface area contributed by atoms with Crippen LogP contribution in [0.3, 0.4) is 0 Å². The first-order valence-electron chi connectivity index (χ1n) is 8.79. The lowest BCUT2D eigenvalue weighted by atomic mass is 10.2. The molecular formula is C19H21BrNO5PS. The molecule has 0 fully saturated rings. The zero-order valence-corrected chi connectivity index (χ0v) is 18.8. The average molecular weight is 486 g/mol. The molecule has 0 bridgehead atoms. The van der Waals surface area contributed by atoms with E-state index in [1.54, 1.807) is 44.2 Å². The van der Waals surface area contributed by atoms with Gasteiger partial charge in [-0.05, 0) is 44.2 Å². The van der Waals surface area contributed by atoms with Crippen molar-refractivity contribution in [1.29, 1.82) is 0 Å². The van der Waals surface area contributed by atoms with Crippen LogP contribution >= 0.6 is 23.5 Å². The summed E-state index contributed by atoms with van der Waals surface area (Å²) in [5.41, 5.74) is 0.843. The molecule has 28 heavy (non-hydrogen) atoms. The number of benzene rings is 2. The average Bonchev–Trinajstić information content (AvgIpc) is 3.00. The van der Waals surface area contributed by atoms with Gasteiger partial charge in [-0.2, -0.15) is 0 Å². The Kier molecular flexibility index (Phi) is 6.47. The number of aromatic nitrogens is 1. The van der Waals surface area contributed by atoms with Gasteiger partial charge in [0.15, 0.2) is 0 Å². The van der Waals surface area contributed by atoms with E-state index in [1.165, 1.54) is 16.1 Å². The van der Waals surface area contributed by atoms with Gasteiger partial charge in [-0.15, -0.1) is 0 Å². The lowest BCUT2D eigenvalue weighted by molar-refractivity contribution is 0.219. The molecule has 3 aromatic rings. The Morgan fingerprint density at radius 1 is 1.00 bits per heavy atom. The molecule has 0 saturated heterocycles. The van der Waals surface area contributed by atoms with Crippen LogP contribution in [-0.2, 0) is 29.8 Å². The molecule has 0 aliphatic carbocycles. The molecule has 9 heteroatoms. The maximum absolute atomic E-state index is 13.4. The Bertz CT molecular complexity index is 1120. The zero-order chi connectivity index (χ0) is 20.4. The van der Waals surface area contributed by atoms with Crippen molar-refractivity contribution < 1.29 is 22.0 Å². The molecule has 0 N–H and O–H groups in total. The van der Waals surface area contributed by atoms with Crippen molar-refractivity contribution in [2.75, 3.05) is 13.2 Å². The summed E-state index contributed by atoms with van der Waals surface area (Å²) in [5.74, 6) is 0. The molecule has 150 valence electrons. The molecule has 1 heterocycles. The molecule has 0 saturated carbocycles. The minimum Gasteiger partial charge on any atom is -0.309 e. The monoisotopic (exact) mass is 485 g/mol. The molecule has 0 amide bonds. The minimum atomic E-state index is -3.91. The molecule has 6 nitrogen and oxygen atoms in total. The summed E-state index contributed by atoms with van der Waals surface area (Å²) >= 11 is 3.40. The van der Waals surface area contributed by atoms with Gasteiger partial charge >= 0.3 is 7.60 Å². The Balaban J connectivity index is 2.24. The van der Waals surface area contributed by atoms with E-state index < -0.39 is 17.6 Å². The van der Waals surface area contributed by atoms with E-state index >= 15 is 0 Å². The Hall–Kier alpha value is -1.44. The van der Waals surface area contributed by atoms with E-state index in [1.807, 2.05) is 12.1 Å². The highest BCUT2D eigenvalue weighted by molar-refractivity contribution is 9.10. The van der Waals surface area contributed by atoms with Crippen LogP contribution in [0.15, 0.2) is 64.0 Å². The van der Waals surface area contributed by atoms with Gasteiger partial charge in [0.25, 0.3) is 10.0 Å². The van der Waals surface area contributed by atoms with Crippen molar-refractivity contribution in [3.8, 4) is 0 Å². The SMILES string of the molecule is CCOP(=O)(Cc1cc2ccc(Br)cc2n1S(=O)(=O)c1ccccc1)OCC. The number of halogens is 1. The second-order valence-electron chi connectivity index (χ2n) is 6.03. The maximum atomic E-state index is 13.4. The second-order valence-corrected chi connectivity index (χ2v) is 10.8. The van der Waals surface area contributed by atoms with Crippen LogP contribution in [0, 0.1) is 0 Å². The van der Waals surface area contributed by atoms with Gasteiger partial charge in [0.05, 0.1) is 29.8 Å². The predicted octanol–water partition coefficient (Wildman–Crippen LogP) is 5.41. The molecule has 1 aromatic heterocycles. The molecular weight excluding hydrogens is 465 g/mol. The predicted molar refractivity (Wildman–Crippen MR) is 113 cm³/mol. The number of nitrogens with zero attached hydrogens (tertiary/aromatic N) is 1. The first-order chi connectivity index (χ1) is 13.3. The van der Waals surface area contributed by atoms with Gasteiger partial charge in [-0.3, -0.25) is 4.57 Å². The first-order valence-corrected chi connectivity index (χ1v) is 12.8. The fourth-order valence-corrected chi connectivity index (χ4v) is 6.69. The number of rotatable bonds is 8. The summed E-state index contributed by atoms with van der Waals surface area (Å²) < 4.78 is 52.7. The van der Waals surface area contributed by atoms with Gasteiger partial charge in [0.1, 0.15) is 0 Å². The van der Waals surface area contributed by atoms with Gasteiger partial charge in [0, 0.05) is 15.6 Å². The van der Waals surface area contributed by atoms with Crippen LogP contribution in [0.2, 0.25) is 0 Å². The van der Waals surface area contributed by atoms with E-state index in [2.05, 4.69) is 15.9 Å². The fourth-order valence-electron chi connectivity index (χ4n) is 3.02. The van der Waals surface area contributed by atoms with Crippen molar-refractivity contribution in [3.63, 3.8) is 0 Å². The van der Waals surface area contributed by atoms with Crippen molar-refractivity contribution in [1.82, 2.24) is 3.97 Å². The van der Waals surface area contributed by atoms with E-state index in [-0.39, 0.29) is 24.3 Å². The summed E-state index contributed by atoms with van der Waals surface area (Å²) in [7, 11) is -7.40. The normalized spacial score (nSPS) is 12.5. The summed E-state index contributed by atoms with van der Waals surface area (Å²) in [4.78, 5) is 0.149. The van der Waals surface area contributed by atoms with Gasteiger partial charge in [-0.1, -0.05) is 40.2 Å². The van der Waals surface area contributed by atoms with Crippen LogP contribution in [0.4, 0.5) is 0 Å². The Labute approximate surface area is 173 Å². The minimum absolute atomic E-state index is 0.146. The fraction of sp³-hybridized carbons (Fsp3) is 0.263. The molecule has 3 rings (SSSR count). The summed E-state index contributed by atoms with van der Waals surface area (Å²) in [5, 5.41) is 0.720. The highest BCUT2D eigenvalue weighted by Gasteiger charge is 2.30. The number of fused-ring (bicyclic) bond motifs is 1. The van der Waals surface area contributed by atoms with Crippen LogP contribution < -0.4 is 0 Å². The molecule has 0 unspecified atom stereocenters. The lowest BCUT2D eigenvalue weighted by Crippen LogP contribution is -2.16. The van der Waals surface area contributed by atoms with Crippen LogP contribution in [0.5, 0.6) is 0 Å². The summed E-state index contributed by atoms with van der Waals surface area (Å²) in [6.07, 6.45) is -0.146. The lowest BCUT2D eigenvalue weighted by Gasteiger charge is -2.18. The molecule has 0 atom stereocenters. The molecule has 0 aliphatic heterocycles. The zero-order valence-electron chi connectivity index (χ0n) is 15.5. The van der Waals surface area contributed by atoms with Crippen molar-refractivity contribution in [2.45, 2.75) is 24.9 Å². The van der Waals surface area contributed by atoms with Crippen molar-refractivity contribution in [3.05, 3.63) is 64.8 Å². The standard InChI is InChI=1S/C19H21BrNO5PS/c1-3-25-27(22,26-4-2)14-17-12-15-10-11-16(20)13-19(15)21(17)28(23,24)18-8-6-5-7-9-18/h5-13H,3-4,14H2,1-2H3. The topological polar surface area (TPSA) is 74.6 Å². The molecule has 0 radical (unpaired) electrons. The first kappa shape index (κ1) is 21.3. The Morgan fingerprint density at radius 3 is 2.25 bits per heavy atom. The van der Waals surface area contributed by atoms with E-state index in [0.717, 1.165) is 9.86 Å². The van der Waals surface area contributed by atoms with Gasteiger partial charge < -0.3 is 9.05 Å². The third-order valence-electron chi connectivity index (χ3n) is 4.08. The third kappa shape index (κ3) is 4.26. The van der Waals surface area contributed by atoms with Gasteiger partial charge in [-0.25, -0.2) is 12.4 Å². The smallest absolute Gasteiger partial charge is 0.309 e. The summed E-state index contributed by atoms with van der Waals surface area (Å²) in [6.45, 7) is 3.85. The highest BCUT2D eigenvalue weighted by atomic mass is 79.9. The number of hydrogen-bond acceptors (Lipinski definition) is 5. The third-order valence-corrected chi connectivity index (χ3v) is 8.37. The van der Waals surface area contributed by atoms with E-state index in [9.17, 15) is 13.0 Å².